The molecule has 1 aromatic rings. The Bertz CT molecular complexity index is 529. The number of aromatic nitrogens is 2. The van der Waals surface area contributed by atoms with Gasteiger partial charge in [-0.25, -0.2) is 4.79 Å². The van der Waals surface area contributed by atoms with E-state index in [1.165, 1.54) is 16.8 Å². The summed E-state index contributed by atoms with van der Waals surface area (Å²) in [5.41, 5.74) is -0.856. The molecule has 1 aromatic heterocycles. The molecule has 5 nitrogen and oxygen atoms in total. The van der Waals surface area contributed by atoms with Crippen LogP contribution in [0.25, 0.3) is 0 Å². The number of nitrogens with zero attached hydrogens (tertiary/aromatic N) is 1. The molecule has 0 saturated carbocycles. The highest BCUT2D eigenvalue weighted by Gasteiger charge is 2.36. The van der Waals surface area contributed by atoms with Crippen molar-refractivity contribution in [2.75, 3.05) is 0 Å². The lowest BCUT2D eigenvalue weighted by molar-refractivity contribution is 0.0659. The number of aromatic amines is 1. The van der Waals surface area contributed by atoms with Gasteiger partial charge in [-0.15, -0.1) is 0 Å². The first kappa shape index (κ1) is 10.7. The highest BCUT2D eigenvalue weighted by molar-refractivity contribution is 5.00. The van der Waals surface area contributed by atoms with Crippen LogP contribution >= 0.6 is 0 Å². The number of H-pyrrole nitrogens is 1. The van der Waals surface area contributed by atoms with Gasteiger partial charge in [-0.2, -0.15) is 0 Å². The van der Waals surface area contributed by atoms with Crippen molar-refractivity contribution in [3.8, 4) is 0 Å². The van der Waals surface area contributed by atoms with Gasteiger partial charge >= 0.3 is 5.69 Å². The Labute approximate surface area is 92.4 Å². The number of hydrogen-bond acceptors (Lipinski definition) is 3. The summed E-state index contributed by atoms with van der Waals surface area (Å²) in [4.78, 5) is 24.7. The molecule has 0 radical (unpaired) electrons. The summed E-state index contributed by atoms with van der Waals surface area (Å²) in [5.74, 6) is 1.02. The monoisotopic (exact) mass is 222 g/mol. The number of ether oxygens (including phenoxy) is 1. The maximum atomic E-state index is 11.6. The molecule has 0 amide bonds. The van der Waals surface area contributed by atoms with Gasteiger partial charge in [0.25, 0.3) is 5.56 Å². The zero-order valence-electron chi connectivity index (χ0n) is 9.27. The van der Waals surface area contributed by atoms with Gasteiger partial charge in [-0.3, -0.25) is 14.3 Å². The van der Waals surface area contributed by atoms with Gasteiger partial charge in [0.15, 0.2) is 6.23 Å². The minimum atomic E-state index is -0.453. The number of allylic oxidation sites excluding steroid dienone is 1. The number of hydrogen-bond donors (Lipinski definition) is 1. The average Bonchev–Trinajstić information content (AvgIpc) is 2.46. The Morgan fingerprint density at radius 2 is 2.12 bits per heavy atom. The molecule has 16 heavy (non-hydrogen) atoms. The van der Waals surface area contributed by atoms with Crippen molar-refractivity contribution in [2.24, 2.45) is 11.8 Å². The molecule has 1 fully saturated rings. The van der Waals surface area contributed by atoms with E-state index in [9.17, 15) is 9.59 Å². The third-order valence-electron chi connectivity index (χ3n) is 3.14. The topological polar surface area (TPSA) is 64.1 Å². The molecule has 0 bridgehead atoms. The zero-order chi connectivity index (χ0) is 11.9. The van der Waals surface area contributed by atoms with Crippen LogP contribution in [0.5, 0.6) is 0 Å². The van der Waals surface area contributed by atoms with E-state index >= 15 is 0 Å². The van der Waals surface area contributed by atoms with E-state index < -0.39 is 11.2 Å². The van der Waals surface area contributed by atoms with Crippen LogP contribution in [0, 0.1) is 11.8 Å². The molecular weight excluding hydrogens is 208 g/mol. The quantitative estimate of drug-likeness (QED) is 0.766. The molecule has 0 aliphatic carbocycles. The smallest absolute Gasteiger partial charge is 0.331 e. The molecule has 3 unspecified atom stereocenters. The van der Waals surface area contributed by atoms with Gasteiger partial charge in [-0.05, 0) is 0 Å². The average molecular weight is 222 g/mol. The first-order chi connectivity index (χ1) is 7.50. The fraction of sp³-hybridized carbons (Fsp3) is 0.455. The van der Waals surface area contributed by atoms with Gasteiger partial charge in [0.05, 0.1) is 5.76 Å². The van der Waals surface area contributed by atoms with Gasteiger partial charge in [0, 0.05) is 24.1 Å². The zero-order valence-corrected chi connectivity index (χ0v) is 9.27. The predicted octanol–water partition coefficient (Wildman–Crippen LogP) is 0.851. The van der Waals surface area contributed by atoms with E-state index in [0.29, 0.717) is 5.76 Å². The van der Waals surface area contributed by atoms with E-state index in [0.717, 1.165) is 0 Å². The summed E-state index contributed by atoms with van der Waals surface area (Å²) in [5, 5.41) is 0. The standard InChI is InChI=1S/C11H14N2O3/c1-6-7(2)10(16-8(6)3)13-5-4-9(14)12-11(13)15/h4-7,10H,3H2,1-2H3,(H,12,14,15). The Hall–Kier alpha value is -1.78. The van der Waals surface area contributed by atoms with E-state index in [1.807, 2.05) is 13.8 Å². The summed E-state index contributed by atoms with van der Waals surface area (Å²) >= 11 is 0. The second kappa shape index (κ2) is 3.66. The Morgan fingerprint density at radius 1 is 1.44 bits per heavy atom. The molecule has 2 heterocycles. The van der Waals surface area contributed by atoms with E-state index in [1.54, 1.807) is 0 Å². The van der Waals surface area contributed by atoms with Crippen molar-refractivity contribution in [1.82, 2.24) is 9.55 Å². The third-order valence-corrected chi connectivity index (χ3v) is 3.14. The molecule has 0 aromatic carbocycles. The van der Waals surface area contributed by atoms with Crippen LogP contribution in [0.1, 0.15) is 20.1 Å². The van der Waals surface area contributed by atoms with Crippen LogP contribution in [0.3, 0.4) is 0 Å². The second-order valence-corrected chi connectivity index (χ2v) is 4.14. The molecular formula is C11H14N2O3. The lowest BCUT2D eigenvalue weighted by atomic mass is 9.96. The maximum absolute atomic E-state index is 11.6. The lowest BCUT2D eigenvalue weighted by Gasteiger charge is -2.17. The molecule has 0 spiro atoms. The number of rotatable bonds is 1. The number of nitrogens with one attached hydrogen (secondary N) is 1. The molecule has 1 aliphatic rings. The van der Waals surface area contributed by atoms with Crippen molar-refractivity contribution in [1.29, 1.82) is 0 Å². The van der Waals surface area contributed by atoms with Gasteiger partial charge in [0.1, 0.15) is 0 Å². The molecule has 5 heteroatoms. The van der Waals surface area contributed by atoms with Crippen LogP contribution in [-0.4, -0.2) is 9.55 Å². The third kappa shape index (κ3) is 1.58. The Balaban J connectivity index is 2.43. The first-order valence-corrected chi connectivity index (χ1v) is 5.17. The summed E-state index contributed by atoms with van der Waals surface area (Å²) in [6.07, 6.45) is 1.07. The molecule has 1 N–H and O–H groups in total. The van der Waals surface area contributed by atoms with Crippen molar-refractivity contribution < 1.29 is 4.74 Å². The largest absolute Gasteiger partial charge is 0.474 e. The minimum Gasteiger partial charge on any atom is -0.474 e. The van der Waals surface area contributed by atoms with Crippen LogP contribution in [-0.2, 0) is 4.74 Å². The van der Waals surface area contributed by atoms with Crippen molar-refractivity contribution in [3.05, 3.63) is 45.4 Å². The van der Waals surface area contributed by atoms with Gasteiger partial charge < -0.3 is 4.74 Å². The lowest BCUT2D eigenvalue weighted by Crippen LogP contribution is -2.33. The van der Waals surface area contributed by atoms with Gasteiger partial charge in [-0.1, -0.05) is 20.4 Å². The fourth-order valence-corrected chi connectivity index (χ4v) is 1.85. The van der Waals surface area contributed by atoms with E-state index in [4.69, 9.17) is 4.74 Å². The summed E-state index contributed by atoms with van der Waals surface area (Å²) in [6, 6.07) is 1.31. The first-order valence-electron chi connectivity index (χ1n) is 5.17. The molecule has 1 saturated heterocycles. The molecule has 1 aliphatic heterocycles. The summed E-state index contributed by atoms with van der Waals surface area (Å²) in [6.45, 7) is 7.79. The highest BCUT2D eigenvalue weighted by atomic mass is 16.5. The predicted molar refractivity (Wildman–Crippen MR) is 58.9 cm³/mol. The van der Waals surface area contributed by atoms with Crippen molar-refractivity contribution in [2.45, 2.75) is 20.1 Å². The normalized spacial score (nSPS) is 29.1. The molecule has 2 rings (SSSR count). The maximum Gasteiger partial charge on any atom is 0.331 e. The highest BCUT2D eigenvalue weighted by Crippen LogP contribution is 2.39. The molecule has 3 atom stereocenters. The van der Waals surface area contributed by atoms with Gasteiger partial charge in [0.2, 0.25) is 0 Å². The SMILES string of the molecule is C=C1OC(n2ccc(=O)[nH]c2=O)C(C)C1C. The van der Waals surface area contributed by atoms with Crippen molar-refractivity contribution >= 4 is 0 Å². The summed E-state index contributed by atoms with van der Waals surface area (Å²) < 4.78 is 6.93. The Kier molecular flexibility index (Phi) is 2.46. The van der Waals surface area contributed by atoms with Crippen LogP contribution in [0.4, 0.5) is 0 Å². The van der Waals surface area contributed by atoms with Crippen LogP contribution in [0.15, 0.2) is 34.2 Å². The van der Waals surface area contributed by atoms with Crippen molar-refractivity contribution in [3.63, 3.8) is 0 Å². The second-order valence-electron chi connectivity index (χ2n) is 4.14. The Morgan fingerprint density at radius 3 is 2.62 bits per heavy atom. The fourth-order valence-electron chi connectivity index (χ4n) is 1.85. The van der Waals surface area contributed by atoms with E-state index in [2.05, 4.69) is 11.6 Å². The van der Waals surface area contributed by atoms with E-state index in [-0.39, 0.29) is 18.1 Å². The summed E-state index contributed by atoms with van der Waals surface area (Å²) in [7, 11) is 0. The van der Waals surface area contributed by atoms with Crippen LogP contribution in [0.2, 0.25) is 0 Å². The van der Waals surface area contributed by atoms with Crippen LogP contribution < -0.4 is 11.2 Å². The molecule has 86 valence electrons. The minimum absolute atomic E-state index is 0.149.